The van der Waals surface area contributed by atoms with Crippen LogP contribution >= 0.6 is 0 Å². The zero-order chi connectivity index (χ0) is 42.2. The summed E-state index contributed by atoms with van der Waals surface area (Å²) in [7, 11) is 0. The molecule has 59 heavy (non-hydrogen) atoms. The lowest BCUT2D eigenvalue weighted by molar-refractivity contribution is 0.0725. The van der Waals surface area contributed by atoms with Gasteiger partial charge in [0.1, 0.15) is 28.7 Å². The van der Waals surface area contributed by atoms with Crippen molar-refractivity contribution < 1.29 is 33.3 Å². The molecule has 0 aliphatic heterocycles. The summed E-state index contributed by atoms with van der Waals surface area (Å²) < 4.78 is 28.2. The van der Waals surface area contributed by atoms with Gasteiger partial charge in [0.25, 0.3) is 0 Å². The number of hydrogen-bond acceptors (Lipinski definition) is 7. The van der Waals surface area contributed by atoms with Gasteiger partial charge in [-0.05, 0) is 123 Å². The first kappa shape index (κ1) is 48.6. The third kappa shape index (κ3) is 21.7. The van der Waals surface area contributed by atoms with Crippen LogP contribution in [0.5, 0.6) is 28.7 Å². The van der Waals surface area contributed by atoms with E-state index < -0.39 is 0 Å². The van der Waals surface area contributed by atoms with E-state index in [0.29, 0.717) is 35.8 Å². The quantitative estimate of drug-likeness (QED) is 0.0307. The Hall–Kier alpha value is -4.78. The Morgan fingerprint density at radius 2 is 0.627 bits per heavy atom. The second kappa shape index (κ2) is 31.2. The molecule has 4 aromatic carbocycles. The summed E-state index contributed by atoms with van der Waals surface area (Å²) in [6, 6.07) is 29.3. The predicted molar refractivity (Wildman–Crippen MR) is 242 cm³/mol. The molecule has 0 saturated carbocycles. The van der Waals surface area contributed by atoms with Gasteiger partial charge < -0.3 is 23.7 Å². The van der Waals surface area contributed by atoms with Crippen molar-refractivity contribution in [2.75, 3.05) is 19.8 Å². The minimum atomic E-state index is -0.380. The molecule has 322 valence electrons. The largest absolute Gasteiger partial charge is 0.494 e. The second-order valence-electron chi connectivity index (χ2n) is 15.2. The molecular formula is C52H72O7. The van der Waals surface area contributed by atoms with Crippen molar-refractivity contribution in [3.63, 3.8) is 0 Å². The summed E-state index contributed by atoms with van der Waals surface area (Å²) in [5, 5.41) is 0. The minimum absolute atomic E-state index is 0.341. The molecule has 0 amide bonds. The maximum absolute atomic E-state index is 12.3. The molecule has 0 radical (unpaired) electrons. The molecule has 0 aliphatic carbocycles. The summed E-state index contributed by atoms with van der Waals surface area (Å²) in [5.74, 6) is 2.74. The Balaban J connectivity index is 0.000000316. The SMILES string of the molecule is CCCCCCCCOc1ccc(C(=O)Oc2ccc(CCCCC)cc2)cc1.CCCCCCCOc1ccc(C(=O)Oc2ccc(OCCCCCC)cc2)cc1. The van der Waals surface area contributed by atoms with Gasteiger partial charge in [-0.2, -0.15) is 0 Å². The molecule has 0 aromatic heterocycles. The van der Waals surface area contributed by atoms with Crippen molar-refractivity contribution in [1.29, 1.82) is 0 Å². The number of benzene rings is 4. The highest BCUT2D eigenvalue weighted by Gasteiger charge is 2.11. The van der Waals surface area contributed by atoms with Crippen molar-refractivity contribution in [3.05, 3.63) is 114 Å². The molecule has 7 nitrogen and oxygen atoms in total. The highest BCUT2D eigenvalue weighted by Crippen LogP contribution is 2.21. The van der Waals surface area contributed by atoms with Crippen molar-refractivity contribution in [3.8, 4) is 28.7 Å². The van der Waals surface area contributed by atoms with Gasteiger partial charge in [-0.15, -0.1) is 0 Å². The van der Waals surface area contributed by atoms with Gasteiger partial charge >= 0.3 is 11.9 Å². The Morgan fingerprint density at radius 1 is 0.339 bits per heavy atom. The fraction of sp³-hybridized carbons (Fsp3) is 0.500. The van der Waals surface area contributed by atoms with Crippen molar-refractivity contribution in [2.24, 2.45) is 0 Å². The van der Waals surface area contributed by atoms with Gasteiger partial charge in [0, 0.05) is 0 Å². The van der Waals surface area contributed by atoms with Crippen LogP contribution in [0.1, 0.15) is 170 Å². The van der Waals surface area contributed by atoms with Crippen LogP contribution in [-0.4, -0.2) is 31.8 Å². The summed E-state index contributed by atoms with van der Waals surface area (Å²) in [6.45, 7) is 11.0. The van der Waals surface area contributed by atoms with Crippen LogP contribution in [0, 0.1) is 0 Å². The number of aryl methyl sites for hydroxylation is 1. The van der Waals surface area contributed by atoms with E-state index in [9.17, 15) is 9.59 Å². The van der Waals surface area contributed by atoms with E-state index in [0.717, 1.165) is 49.5 Å². The first-order valence-electron chi connectivity index (χ1n) is 22.7. The predicted octanol–water partition coefficient (Wildman–Crippen LogP) is 14.6. The van der Waals surface area contributed by atoms with Crippen molar-refractivity contribution >= 4 is 11.9 Å². The molecule has 0 spiro atoms. The van der Waals surface area contributed by atoms with Crippen LogP contribution < -0.4 is 23.7 Å². The number of ether oxygens (including phenoxy) is 5. The third-order valence-electron chi connectivity index (χ3n) is 9.97. The lowest BCUT2D eigenvalue weighted by Gasteiger charge is -2.09. The Bertz CT molecular complexity index is 1650. The smallest absolute Gasteiger partial charge is 0.343 e. The lowest BCUT2D eigenvalue weighted by Crippen LogP contribution is -2.08. The molecule has 0 unspecified atom stereocenters. The van der Waals surface area contributed by atoms with Crippen LogP contribution in [-0.2, 0) is 6.42 Å². The minimum Gasteiger partial charge on any atom is -0.494 e. The Kier molecular flexibility index (Phi) is 25.7. The topological polar surface area (TPSA) is 80.3 Å². The standard InChI is InChI=1S/C26H36O4.C26H36O3/c1-3-5-7-9-11-21-28-23-14-12-22(13-15-23)26(27)30-25-18-16-24(17-19-25)29-20-10-8-6-4-2;1-3-5-7-8-9-11-21-28-24-19-15-23(16-20-24)26(27)29-25-17-13-22(14-18-25)12-10-6-4-2/h12-19H,3-11,20-21H2,1-2H3;13-20H,3-12,21H2,1-2H3. The number of esters is 2. The molecule has 0 aliphatic rings. The maximum Gasteiger partial charge on any atom is 0.343 e. The van der Waals surface area contributed by atoms with Gasteiger partial charge in [-0.25, -0.2) is 9.59 Å². The van der Waals surface area contributed by atoms with E-state index >= 15 is 0 Å². The van der Waals surface area contributed by atoms with Crippen LogP contribution in [0.15, 0.2) is 97.1 Å². The second-order valence-corrected chi connectivity index (χ2v) is 15.2. The van der Waals surface area contributed by atoms with Gasteiger partial charge in [0.05, 0.1) is 30.9 Å². The summed E-state index contributed by atoms with van der Waals surface area (Å²) in [5.41, 5.74) is 2.32. The van der Waals surface area contributed by atoms with Crippen LogP contribution in [0.2, 0.25) is 0 Å². The number of hydrogen-bond donors (Lipinski definition) is 0. The van der Waals surface area contributed by atoms with Crippen LogP contribution in [0.25, 0.3) is 0 Å². The van der Waals surface area contributed by atoms with Gasteiger partial charge in [-0.1, -0.05) is 130 Å². The molecule has 4 aromatic rings. The van der Waals surface area contributed by atoms with Crippen LogP contribution in [0.3, 0.4) is 0 Å². The van der Waals surface area contributed by atoms with Crippen molar-refractivity contribution in [1.82, 2.24) is 0 Å². The molecule has 0 atom stereocenters. The van der Waals surface area contributed by atoms with Gasteiger partial charge in [0.15, 0.2) is 0 Å². The van der Waals surface area contributed by atoms with E-state index in [2.05, 4.69) is 27.7 Å². The van der Waals surface area contributed by atoms with E-state index in [4.69, 9.17) is 23.7 Å². The summed E-state index contributed by atoms with van der Waals surface area (Å²) in [4.78, 5) is 24.7. The van der Waals surface area contributed by atoms with Crippen LogP contribution in [0.4, 0.5) is 0 Å². The molecule has 0 saturated heterocycles. The van der Waals surface area contributed by atoms with E-state index in [-0.39, 0.29) is 11.9 Å². The monoisotopic (exact) mass is 809 g/mol. The molecule has 0 bridgehead atoms. The molecular weight excluding hydrogens is 737 g/mol. The maximum atomic E-state index is 12.3. The fourth-order valence-electron chi connectivity index (χ4n) is 6.30. The molecule has 0 fully saturated rings. The van der Waals surface area contributed by atoms with Crippen molar-refractivity contribution in [2.45, 2.75) is 150 Å². The third-order valence-corrected chi connectivity index (χ3v) is 9.97. The average molecular weight is 809 g/mol. The fourth-order valence-corrected chi connectivity index (χ4v) is 6.30. The lowest BCUT2D eigenvalue weighted by atomic mass is 10.1. The summed E-state index contributed by atoms with van der Waals surface area (Å²) in [6.07, 6.45) is 23.0. The first-order chi connectivity index (χ1) is 28.9. The highest BCUT2D eigenvalue weighted by atomic mass is 16.5. The van der Waals surface area contributed by atoms with E-state index in [1.54, 1.807) is 36.4 Å². The highest BCUT2D eigenvalue weighted by molar-refractivity contribution is 5.91. The van der Waals surface area contributed by atoms with E-state index in [1.807, 2.05) is 60.7 Å². The molecule has 7 heteroatoms. The van der Waals surface area contributed by atoms with E-state index in [1.165, 1.54) is 102 Å². The average Bonchev–Trinajstić information content (AvgIpc) is 3.26. The number of carbonyl (C=O) groups excluding carboxylic acids is 2. The number of unbranched alkanes of at least 4 members (excludes halogenated alkanes) is 14. The Morgan fingerprint density at radius 3 is 1.02 bits per heavy atom. The first-order valence-corrected chi connectivity index (χ1v) is 22.7. The zero-order valence-corrected chi connectivity index (χ0v) is 36.7. The van der Waals surface area contributed by atoms with Gasteiger partial charge in [0.2, 0.25) is 0 Å². The molecule has 4 rings (SSSR count). The molecule has 0 N–H and O–H groups in total. The summed E-state index contributed by atoms with van der Waals surface area (Å²) >= 11 is 0. The van der Waals surface area contributed by atoms with Gasteiger partial charge in [-0.3, -0.25) is 0 Å². The number of rotatable bonds is 29. The normalized spacial score (nSPS) is 10.6. The number of carbonyl (C=O) groups is 2. The molecule has 0 heterocycles. The zero-order valence-electron chi connectivity index (χ0n) is 36.7. The Labute approximate surface area is 356 Å².